The second kappa shape index (κ2) is 9.88. The van der Waals surface area contributed by atoms with E-state index in [1.807, 2.05) is 18.3 Å². The van der Waals surface area contributed by atoms with Gasteiger partial charge in [0.1, 0.15) is 5.02 Å². The van der Waals surface area contributed by atoms with Gasteiger partial charge in [0.25, 0.3) is 5.56 Å². The molecule has 7 heteroatoms. The molecule has 32 heavy (non-hydrogen) atoms. The third kappa shape index (κ3) is 4.79. The topological polar surface area (TPSA) is 77.0 Å². The fraction of sp³-hybridized carbons (Fsp3) is 0.320. The van der Waals surface area contributed by atoms with Gasteiger partial charge < -0.3 is 13.9 Å². The number of halogens is 1. The van der Waals surface area contributed by atoms with E-state index in [4.69, 9.17) is 16.3 Å². The fourth-order valence-electron chi connectivity index (χ4n) is 3.91. The van der Waals surface area contributed by atoms with E-state index >= 15 is 0 Å². The van der Waals surface area contributed by atoms with Crippen molar-refractivity contribution in [3.8, 4) is 6.07 Å². The predicted molar refractivity (Wildman–Crippen MR) is 124 cm³/mol. The molecule has 0 spiro atoms. The first-order valence-corrected chi connectivity index (χ1v) is 10.9. The van der Waals surface area contributed by atoms with Crippen LogP contribution >= 0.6 is 11.6 Å². The minimum Gasteiger partial charge on any atom is -0.462 e. The summed E-state index contributed by atoms with van der Waals surface area (Å²) in [5, 5.41) is 9.35. The summed E-state index contributed by atoms with van der Waals surface area (Å²) >= 11 is 6.17. The summed E-state index contributed by atoms with van der Waals surface area (Å²) in [6.07, 6.45) is 4.16. The first-order valence-electron chi connectivity index (χ1n) is 10.5. The molecule has 2 aromatic heterocycles. The molecule has 166 valence electrons. The van der Waals surface area contributed by atoms with Gasteiger partial charge >= 0.3 is 5.97 Å². The lowest BCUT2D eigenvalue weighted by atomic mass is 9.87. The van der Waals surface area contributed by atoms with Crippen molar-refractivity contribution < 1.29 is 9.53 Å². The SMILES string of the molecule is CCOC(=O)c1ccn(C(C)C)c1C(Cc1cc(Cl)c(=O)n(C)c1)c1ccc(C#N)cc1. The summed E-state index contributed by atoms with van der Waals surface area (Å²) in [5.41, 5.74) is 3.43. The van der Waals surface area contributed by atoms with E-state index < -0.39 is 0 Å². The van der Waals surface area contributed by atoms with Gasteiger partial charge in [-0.1, -0.05) is 23.7 Å². The van der Waals surface area contributed by atoms with Crippen LogP contribution in [0.2, 0.25) is 5.02 Å². The Balaban J connectivity index is 2.21. The van der Waals surface area contributed by atoms with Gasteiger partial charge in [-0.05, 0) is 62.6 Å². The molecule has 3 rings (SSSR count). The third-order valence-corrected chi connectivity index (χ3v) is 5.69. The van der Waals surface area contributed by atoms with Crippen LogP contribution in [0.3, 0.4) is 0 Å². The Hall–Kier alpha value is -3.30. The number of hydrogen-bond acceptors (Lipinski definition) is 4. The van der Waals surface area contributed by atoms with Crippen molar-refractivity contribution in [2.45, 2.75) is 39.2 Å². The van der Waals surface area contributed by atoms with Crippen LogP contribution in [0.5, 0.6) is 0 Å². The maximum absolute atomic E-state index is 12.8. The van der Waals surface area contributed by atoms with Crippen molar-refractivity contribution >= 4 is 17.6 Å². The number of nitrogens with zero attached hydrogens (tertiary/aromatic N) is 3. The largest absolute Gasteiger partial charge is 0.462 e. The molecule has 0 bridgehead atoms. The number of esters is 1. The van der Waals surface area contributed by atoms with E-state index in [-0.39, 0.29) is 35.1 Å². The molecule has 0 radical (unpaired) electrons. The predicted octanol–water partition coefficient (Wildman–Crippen LogP) is 4.84. The molecule has 0 aliphatic heterocycles. The molecule has 0 saturated heterocycles. The van der Waals surface area contributed by atoms with Gasteiger partial charge in [-0.2, -0.15) is 5.26 Å². The molecular weight excluding hydrogens is 426 g/mol. The molecule has 1 aromatic carbocycles. The zero-order chi connectivity index (χ0) is 23.4. The summed E-state index contributed by atoms with van der Waals surface area (Å²) in [5.74, 6) is -0.604. The number of rotatable bonds is 7. The van der Waals surface area contributed by atoms with Crippen molar-refractivity contribution in [2.24, 2.45) is 7.05 Å². The zero-order valence-corrected chi connectivity index (χ0v) is 19.4. The van der Waals surface area contributed by atoms with Gasteiger partial charge in [-0.3, -0.25) is 4.79 Å². The van der Waals surface area contributed by atoms with Crippen molar-refractivity contribution in [1.29, 1.82) is 5.26 Å². The van der Waals surface area contributed by atoms with Crippen LogP contribution in [0.1, 0.15) is 65.5 Å². The monoisotopic (exact) mass is 451 g/mol. The van der Waals surface area contributed by atoms with Crippen LogP contribution in [0.4, 0.5) is 0 Å². The molecule has 1 unspecified atom stereocenters. The number of carbonyl (C=O) groups is 1. The normalized spacial score (nSPS) is 11.9. The molecular formula is C25H26ClN3O3. The molecule has 0 N–H and O–H groups in total. The van der Waals surface area contributed by atoms with Crippen LogP contribution in [-0.4, -0.2) is 21.7 Å². The first-order chi connectivity index (χ1) is 15.3. The van der Waals surface area contributed by atoms with Gasteiger partial charge in [-0.15, -0.1) is 0 Å². The summed E-state index contributed by atoms with van der Waals surface area (Å²) in [6, 6.07) is 13.0. The van der Waals surface area contributed by atoms with E-state index in [2.05, 4.69) is 24.5 Å². The number of nitriles is 1. The highest BCUT2D eigenvalue weighted by Gasteiger charge is 2.27. The van der Waals surface area contributed by atoms with Crippen molar-refractivity contribution in [3.63, 3.8) is 0 Å². The van der Waals surface area contributed by atoms with Crippen LogP contribution in [0, 0.1) is 11.3 Å². The maximum Gasteiger partial charge on any atom is 0.339 e. The van der Waals surface area contributed by atoms with Gasteiger partial charge in [0.2, 0.25) is 0 Å². The van der Waals surface area contributed by atoms with E-state index in [1.165, 1.54) is 4.57 Å². The molecule has 0 aliphatic rings. The fourth-order valence-corrected chi connectivity index (χ4v) is 4.18. The molecule has 0 fully saturated rings. The maximum atomic E-state index is 12.8. The average Bonchev–Trinajstić information content (AvgIpc) is 3.21. The smallest absolute Gasteiger partial charge is 0.339 e. The van der Waals surface area contributed by atoms with Crippen LogP contribution < -0.4 is 5.56 Å². The summed E-state index contributed by atoms with van der Waals surface area (Å²) in [4.78, 5) is 24.9. The highest BCUT2D eigenvalue weighted by molar-refractivity contribution is 6.30. The molecule has 2 heterocycles. The van der Waals surface area contributed by atoms with Crippen molar-refractivity contribution in [1.82, 2.24) is 9.13 Å². The van der Waals surface area contributed by atoms with Gasteiger partial charge in [0.15, 0.2) is 0 Å². The number of pyridine rings is 1. The van der Waals surface area contributed by atoms with Crippen LogP contribution in [0.25, 0.3) is 0 Å². The minimum absolute atomic E-state index is 0.109. The quantitative estimate of drug-likeness (QED) is 0.481. The second-order valence-electron chi connectivity index (χ2n) is 7.94. The number of carbonyl (C=O) groups excluding carboxylic acids is 1. The lowest BCUT2D eigenvalue weighted by Crippen LogP contribution is -2.20. The van der Waals surface area contributed by atoms with E-state index in [0.29, 0.717) is 17.5 Å². The van der Waals surface area contributed by atoms with Gasteiger partial charge in [0, 0.05) is 37.1 Å². The Morgan fingerprint density at radius 1 is 1.22 bits per heavy atom. The number of hydrogen-bond donors (Lipinski definition) is 0. The van der Waals surface area contributed by atoms with E-state index in [1.54, 1.807) is 44.4 Å². The number of aryl methyl sites for hydroxylation is 1. The van der Waals surface area contributed by atoms with Crippen molar-refractivity contribution in [2.75, 3.05) is 6.61 Å². The van der Waals surface area contributed by atoms with E-state index in [9.17, 15) is 14.9 Å². The van der Waals surface area contributed by atoms with Gasteiger partial charge in [-0.25, -0.2) is 4.79 Å². The Morgan fingerprint density at radius 2 is 1.91 bits per heavy atom. The highest BCUT2D eigenvalue weighted by Crippen LogP contribution is 2.34. The lowest BCUT2D eigenvalue weighted by Gasteiger charge is -2.24. The Kier molecular flexibility index (Phi) is 7.22. The Labute approximate surface area is 192 Å². The number of ether oxygens (including phenoxy) is 1. The number of benzene rings is 1. The zero-order valence-electron chi connectivity index (χ0n) is 18.6. The van der Waals surface area contributed by atoms with Crippen molar-refractivity contribution in [3.05, 3.63) is 92.1 Å². The molecule has 1 atom stereocenters. The Morgan fingerprint density at radius 3 is 2.47 bits per heavy atom. The summed E-state index contributed by atoms with van der Waals surface area (Å²) in [6.45, 7) is 6.17. The van der Waals surface area contributed by atoms with Crippen LogP contribution in [0.15, 0.2) is 53.6 Å². The lowest BCUT2D eigenvalue weighted by molar-refractivity contribution is 0.0524. The number of aromatic nitrogens is 2. The second-order valence-corrected chi connectivity index (χ2v) is 8.35. The molecule has 6 nitrogen and oxygen atoms in total. The summed E-state index contributed by atoms with van der Waals surface area (Å²) < 4.78 is 8.85. The van der Waals surface area contributed by atoms with Crippen LogP contribution in [-0.2, 0) is 18.2 Å². The standard InChI is InChI=1S/C25H26ClN3O3/c1-5-32-25(31)20-10-11-29(16(2)3)23(20)21(19-8-6-17(14-27)7-9-19)12-18-13-22(26)24(30)28(4)15-18/h6-11,13,15-16,21H,5,12H2,1-4H3. The highest BCUT2D eigenvalue weighted by atomic mass is 35.5. The molecule has 0 saturated carbocycles. The summed E-state index contributed by atoms with van der Waals surface area (Å²) in [7, 11) is 1.66. The van der Waals surface area contributed by atoms with E-state index in [0.717, 1.165) is 16.8 Å². The third-order valence-electron chi connectivity index (χ3n) is 5.42. The first kappa shape index (κ1) is 23.4. The molecule has 3 aromatic rings. The molecule has 0 amide bonds. The average molecular weight is 452 g/mol. The Bertz CT molecular complexity index is 1190. The minimum atomic E-state index is -0.376. The van der Waals surface area contributed by atoms with Gasteiger partial charge in [0.05, 0.1) is 23.8 Å². The molecule has 0 aliphatic carbocycles.